The lowest BCUT2D eigenvalue weighted by Gasteiger charge is -2.25. The number of nitrogens with one attached hydrogen (secondary N) is 1. The minimum absolute atomic E-state index is 0.0258. The molecule has 114 valence electrons. The maximum Gasteiger partial charge on any atom is 0.244 e. The van der Waals surface area contributed by atoms with Crippen molar-refractivity contribution in [1.82, 2.24) is 9.29 Å². The molecule has 0 aliphatic rings. The van der Waals surface area contributed by atoms with Crippen molar-refractivity contribution in [2.45, 2.75) is 51.0 Å². The van der Waals surface area contributed by atoms with Gasteiger partial charge in [0.1, 0.15) is 10.7 Å². The molecular weight excluding hydrogens is 274 g/mol. The standard InChI is InChI=1S/C14H25N3O2S/c1-5-10-15-14-9-8-13(11-16-14)20(18,19)17(4)12(6-2)7-3/h8-9,11-12H,5-7,10H2,1-4H3,(H,15,16). The van der Waals surface area contributed by atoms with Crippen LogP contribution in [0.1, 0.15) is 40.0 Å². The van der Waals surface area contributed by atoms with Gasteiger partial charge in [-0.05, 0) is 31.4 Å². The van der Waals surface area contributed by atoms with Crippen LogP contribution in [0.3, 0.4) is 0 Å². The van der Waals surface area contributed by atoms with Crippen LogP contribution in [-0.2, 0) is 10.0 Å². The maximum absolute atomic E-state index is 12.5. The molecule has 0 saturated carbocycles. The summed E-state index contributed by atoms with van der Waals surface area (Å²) in [5.74, 6) is 0.705. The first-order valence-electron chi connectivity index (χ1n) is 7.15. The van der Waals surface area contributed by atoms with Gasteiger partial charge in [0.15, 0.2) is 0 Å². The molecule has 0 unspecified atom stereocenters. The van der Waals surface area contributed by atoms with Crippen molar-refractivity contribution >= 4 is 15.8 Å². The van der Waals surface area contributed by atoms with Gasteiger partial charge in [-0.2, -0.15) is 4.31 Å². The lowest BCUT2D eigenvalue weighted by molar-refractivity contribution is 0.349. The molecule has 0 atom stereocenters. The first-order chi connectivity index (χ1) is 9.47. The fraction of sp³-hybridized carbons (Fsp3) is 0.643. The summed E-state index contributed by atoms with van der Waals surface area (Å²) in [5.41, 5.74) is 0. The van der Waals surface area contributed by atoms with Gasteiger partial charge in [-0.3, -0.25) is 0 Å². The average molecular weight is 299 g/mol. The number of hydrogen-bond donors (Lipinski definition) is 1. The Hall–Kier alpha value is -1.14. The van der Waals surface area contributed by atoms with Gasteiger partial charge in [0, 0.05) is 25.8 Å². The van der Waals surface area contributed by atoms with Crippen molar-refractivity contribution in [3.63, 3.8) is 0 Å². The first kappa shape index (κ1) is 16.9. The number of sulfonamides is 1. The number of rotatable bonds is 8. The van der Waals surface area contributed by atoms with Crippen molar-refractivity contribution in [1.29, 1.82) is 0 Å². The minimum Gasteiger partial charge on any atom is -0.370 e. The molecule has 1 rings (SSSR count). The van der Waals surface area contributed by atoms with E-state index in [9.17, 15) is 8.42 Å². The fourth-order valence-corrected chi connectivity index (χ4v) is 3.51. The van der Waals surface area contributed by atoms with Crippen molar-refractivity contribution in [2.75, 3.05) is 18.9 Å². The third-order valence-corrected chi connectivity index (χ3v) is 5.32. The van der Waals surface area contributed by atoms with Gasteiger partial charge in [-0.15, -0.1) is 0 Å². The summed E-state index contributed by atoms with van der Waals surface area (Å²) in [6, 6.07) is 3.35. The predicted molar refractivity (Wildman–Crippen MR) is 82.3 cm³/mol. The van der Waals surface area contributed by atoms with Crippen LogP contribution in [0.2, 0.25) is 0 Å². The zero-order chi connectivity index (χ0) is 15.2. The summed E-state index contributed by atoms with van der Waals surface area (Å²) >= 11 is 0. The normalized spacial score (nSPS) is 12.1. The lowest BCUT2D eigenvalue weighted by atomic mass is 10.2. The topological polar surface area (TPSA) is 62.3 Å². The largest absolute Gasteiger partial charge is 0.370 e. The molecule has 1 aromatic heterocycles. The summed E-state index contributed by atoms with van der Waals surface area (Å²) in [6.07, 6.45) is 4.02. The van der Waals surface area contributed by atoms with E-state index in [1.54, 1.807) is 19.2 Å². The number of nitrogens with zero attached hydrogens (tertiary/aromatic N) is 2. The van der Waals surface area contributed by atoms with E-state index in [1.165, 1.54) is 10.5 Å². The van der Waals surface area contributed by atoms with Gasteiger partial charge >= 0.3 is 0 Å². The second-order valence-corrected chi connectivity index (χ2v) is 6.79. The van der Waals surface area contributed by atoms with Crippen LogP contribution in [0.4, 0.5) is 5.82 Å². The van der Waals surface area contributed by atoms with Crippen molar-refractivity contribution in [3.8, 4) is 0 Å². The fourth-order valence-electron chi connectivity index (χ4n) is 2.06. The summed E-state index contributed by atoms with van der Waals surface area (Å²) in [4.78, 5) is 4.40. The summed E-state index contributed by atoms with van der Waals surface area (Å²) in [6.45, 7) is 6.88. The molecule has 0 aliphatic carbocycles. The first-order valence-corrected chi connectivity index (χ1v) is 8.59. The number of aromatic nitrogens is 1. The van der Waals surface area contributed by atoms with Crippen molar-refractivity contribution < 1.29 is 8.42 Å². The summed E-state index contributed by atoms with van der Waals surface area (Å²) in [5, 5.41) is 3.13. The Bertz CT molecular complexity index is 496. The van der Waals surface area contributed by atoms with E-state index in [4.69, 9.17) is 0 Å². The maximum atomic E-state index is 12.5. The van der Waals surface area contributed by atoms with Crippen LogP contribution in [0.15, 0.2) is 23.2 Å². The third kappa shape index (κ3) is 3.93. The molecule has 5 nitrogen and oxygen atoms in total. The van der Waals surface area contributed by atoms with Crippen LogP contribution in [0.5, 0.6) is 0 Å². The van der Waals surface area contributed by atoms with Gasteiger partial charge < -0.3 is 5.32 Å². The van der Waals surface area contributed by atoms with Gasteiger partial charge in [0.2, 0.25) is 10.0 Å². The molecule has 0 spiro atoms. The van der Waals surface area contributed by atoms with Gasteiger partial charge in [-0.1, -0.05) is 20.8 Å². The summed E-state index contributed by atoms with van der Waals surface area (Å²) in [7, 11) is -1.82. The van der Waals surface area contributed by atoms with E-state index >= 15 is 0 Å². The minimum atomic E-state index is -3.46. The van der Waals surface area contributed by atoms with Crippen molar-refractivity contribution in [3.05, 3.63) is 18.3 Å². The Morgan fingerprint density at radius 2 is 1.90 bits per heavy atom. The highest BCUT2D eigenvalue weighted by molar-refractivity contribution is 7.89. The molecule has 1 heterocycles. The highest BCUT2D eigenvalue weighted by atomic mass is 32.2. The van der Waals surface area contributed by atoms with E-state index in [-0.39, 0.29) is 10.9 Å². The molecule has 6 heteroatoms. The summed E-state index contributed by atoms with van der Waals surface area (Å²) < 4.78 is 26.4. The van der Waals surface area contributed by atoms with Gasteiger partial charge in [0.25, 0.3) is 0 Å². The molecular formula is C14H25N3O2S. The zero-order valence-electron chi connectivity index (χ0n) is 12.8. The Kier molecular flexibility index (Phi) is 6.42. The SMILES string of the molecule is CCCNc1ccc(S(=O)(=O)N(C)C(CC)CC)cn1. The Morgan fingerprint density at radius 1 is 1.25 bits per heavy atom. The highest BCUT2D eigenvalue weighted by Crippen LogP contribution is 2.19. The molecule has 0 amide bonds. The van der Waals surface area contributed by atoms with E-state index in [0.717, 1.165) is 25.8 Å². The third-order valence-electron chi connectivity index (χ3n) is 3.43. The molecule has 1 N–H and O–H groups in total. The predicted octanol–water partition coefficient (Wildman–Crippen LogP) is 2.71. The van der Waals surface area contributed by atoms with E-state index in [0.29, 0.717) is 5.82 Å². The molecule has 0 aliphatic heterocycles. The van der Waals surface area contributed by atoms with Gasteiger partial charge in [-0.25, -0.2) is 13.4 Å². The number of hydrogen-bond acceptors (Lipinski definition) is 4. The molecule has 0 aromatic carbocycles. The Morgan fingerprint density at radius 3 is 2.35 bits per heavy atom. The van der Waals surface area contributed by atoms with E-state index in [2.05, 4.69) is 17.2 Å². The second kappa shape index (κ2) is 7.59. The molecule has 0 fully saturated rings. The van der Waals surface area contributed by atoms with Crippen LogP contribution >= 0.6 is 0 Å². The number of anilines is 1. The highest BCUT2D eigenvalue weighted by Gasteiger charge is 2.26. The molecule has 0 radical (unpaired) electrons. The molecule has 20 heavy (non-hydrogen) atoms. The van der Waals surface area contributed by atoms with Crippen LogP contribution in [-0.4, -0.2) is 37.3 Å². The molecule has 1 aromatic rings. The second-order valence-electron chi connectivity index (χ2n) is 4.80. The van der Waals surface area contributed by atoms with Crippen LogP contribution in [0.25, 0.3) is 0 Å². The monoisotopic (exact) mass is 299 g/mol. The molecule has 0 saturated heterocycles. The zero-order valence-corrected chi connectivity index (χ0v) is 13.6. The van der Waals surface area contributed by atoms with E-state index < -0.39 is 10.0 Å². The van der Waals surface area contributed by atoms with Crippen molar-refractivity contribution in [2.24, 2.45) is 0 Å². The Labute approximate surface area is 122 Å². The number of pyridine rings is 1. The van der Waals surface area contributed by atoms with Crippen LogP contribution in [0, 0.1) is 0 Å². The Balaban J connectivity index is 2.92. The van der Waals surface area contributed by atoms with E-state index in [1.807, 2.05) is 13.8 Å². The lowest BCUT2D eigenvalue weighted by Crippen LogP contribution is -2.36. The molecule has 0 bridgehead atoms. The average Bonchev–Trinajstić information content (AvgIpc) is 2.46. The van der Waals surface area contributed by atoms with Crippen LogP contribution < -0.4 is 5.32 Å². The van der Waals surface area contributed by atoms with Gasteiger partial charge in [0.05, 0.1) is 0 Å². The smallest absolute Gasteiger partial charge is 0.244 e. The quantitative estimate of drug-likeness (QED) is 0.801.